The molecule has 1 fully saturated rings. The lowest BCUT2D eigenvalue weighted by atomic mass is 10.0. The first-order valence-corrected chi connectivity index (χ1v) is 6.00. The number of ether oxygens (including phenoxy) is 1. The summed E-state index contributed by atoms with van der Waals surface area (Å²) in [5, 5.41) is 9.97. The van der Waals surface area contributed by atoms with Crippen LogP contribution in [-0.2, 0) is 6.42 Å². The van der Waals surface area contributed by atoms with E-state index in [9.17, 15) is 5.11 Å². The first-order valence-electron chi connectivity index (χ1n) is 6.00. The van der Waals surface area contributed by atoms with Crippen molar-refractivity contribution in [1.29, 1.82) is 0 Å². The highest BCUT2D eigenvalue weighted by molar-refractivity contribution is 5.37. The molecule has 1 unspecified atom stereocenters. The maximum atomic E-state index is 9.97. The Morgan fingerprint density at radius 1 is 1.44 bits per heavy atom. The van der Waals surface area contributed by atoms with Crippen molar-refractivity contribution in [2.75, 3.05) is 7.11 Å². The van der Waals surface area contributed by atoms with Crippen LogP contribution in [0.15, 0.2) is 18.2 Å². The van der Waals surface area contributed by atoms with Crippen molar-refractivity contribution in [1.82, 2.24) is 0 Å². The number of aryl methyl sites for hydroxylation is 1. The highest BCUT2D eigenvalue weighted by atomic mass is 16.5. The Balaban J connectivity index is 2.02. The molecule has 1 atom stereocenters. The molecule has 0 saturated heterocycles. The number of aliphatic hydroxyl groups is 1. The smallest absolute Gasteiger partial charge is 0.122 e. The van der Waals surface area contributed by atoms with E-state index in [4.69, 9.17) is 4.74 Å². The maximum Gasteiger partial charge on any atom is 0.122 e. The fourth-order valence-electron chi connectivity index (χ4n) is 2.14. The van der Waals surface area contributed by atoms with Gasteiger partial charge in [0, 0.05) is 6.42 Å². The second-order valence-corrected chi connectivity index (χ2v) is 4.85. The van der Waals surface area contributed by atoms with Crippen LogP contribution in [0.4, 0.5) is 0 Å². The van der Waals surface area contributed by atoms with Gasteiger partial charge in [0.05, 0.1) is 13.2 Å². The molecule has 2 nitrogen and oxygen atoms in total. The molecule has 0 heterocycles. The number of aliphatic hydroxyl groups excluding tert-OH is 1. The monoisotopic (exact) mass is 220 g/mol. The summed E-state index contributed by atoms with van der Waals surface area (Å²) in [6, 6.07) is 6.12. The second kappa shape index (κ2) is 4.88. The standard InChI is InChI=1S/C14H20O2/c1-10-3-6-14(16-2)12(7-10)9-13(15)8-11-4-5-11/h3,6-7,11,13,15H,4-5,8-9H2,1-2H3. The van der Waals surface area contributed by atoms with Crippen molar-refractivity contribution in [3.63, 3.8) is 0 Å². The van der Waals surface area contributed by atoms with E-state index in [2.05, 4.69) is 13.0 Å². The van der Waals surface area contributed by atoms with Crippen molar-refractivity contribution in [3.05, 3.63) is 29.3 Å². The van der Waals surface area contributed by atoms with Gasteiger partial charge in [-0.25, -0.2) is 0 Å². The molecule has 0 aromatic heterocycles. The molecule has 1 saturated carbocycles. The van der Waals surface area contributed by atoms with Gasteiger partial charge in [-0.1, -0.05) is 30.5 Å². The molecular formula is C14H20O2. The first-order chi connectivity index (χ1) is 7.69. The molecule has 0 aliphatic heterocycles. The molecular weight excluding hydrogens is 200 g/mol. The molecule has 88 valence electrons. The van der Waals surface area contributed by atoms with E-state index in [0.29, 0.717) is 6.42 Å². The SMILES string of the molecule is COc1ccc(C)cc1CC(O)CC1CC1. The zero-order valence-corrected chi connectivity index (χ0v) is 10.1. The van der Waals surface area contributed by atoms with E-state index in [-0.39, 0.29) is 6.10 Å². The number of benzene rings is 1. The molecule has 1 aromatic carbocycles. The lowest BCUT2D eigenvalue weighted by Gasteiger charge is -2.13. The molecule has 1 aromatic rings. The molecule has 0 amide bonds. The minimum atomic E-state index is -0.219. The minimum Gasteiger partial charge on any atom is -0.496 e. The van der Waals surface area contributed by atoms with Crippen LogP contribution in [0.25, 0.3) is 0 Å². The van der Waals surface area contributed by atoms with Gasteiger partial charge in [-0.05, 0) is 30.9 Å². The van der Waals surface area contributed by atoms with Crippen LogP contribution in [0.1, 0.15) is 30.4 Å². The Kier molecular flexibility index (Phi) is 3.49. The summed E-state index contributed by atoms with van der Waals surface area (Å²) in [5.41, 5.74) is 2.34. The van der Waals surface area contributed by atoms with Crippen molar-refractivity contribution >= 4 is 0 Å². The zero-order chi connectivity index (χ0) is 11.5. The minimum absolute atomic E-state index is 0.219. The van der Waals surface area contributed by atoms with Gasteiger partial charge in [0.1, 0.15) is 5.75 Å². The van der Waals surface area contributed by atoms with Gasteiger partial charge in [0.25, 0.3) is 0 Å². The van der Waals surface area contributed by atoms with Crippen LogP contribution in [0.2, 0.25) is 0 Å². The van der Waals surface area contributed by atoms with E-state index in [1.165, 1.54) is 18.4 Å². The number of hydrogen-bond acceptors (Lipinski definition) is 2. The third kappa shape index (κ3) is 2.99. The highest BCUT2D eigenvalue weighted by Gasteiger charge is 2.24. The Labute approximate surface area is 97.3 Å². The summed E-state index contributed by atoms with van der Waals surface area (Å²) in [5.74, 6) is 1.66. The lowest BCUT2D eigenvalue weighted by Crippen LogP contribution is -2.12. The van der Waals surface area contributed by atoms with E-state index in [1.807, 2.05) is 12.1 Å². The van der Waals surface area contributed by atoms with E-state index >= 15 is 0 Å². The van der Waals surface area contributed by atoms with Crippen molar-refractivity contribution < 1.29 is 9.84 Å². The van der Waals surface area contributed by atoms with Crippen LogP contribution in [-0.4, -0.2) is 18.3 Å². The summed E-state index contributed by atoms with van der Waals surface area (Å²) >= 11 is 0. The average molecular weight is 220 g/mol. The molecule has 1 aliphatic carbocycles. The molecule has 2 rings (SSSR count). The van der Waals surface area contributed by atoms with Crippen LogP contribution in [0.5, 0.6) is 5.75 Å². The molecule has 16 heavy (non-hydrogen) atoms. The summed E-state index contributed by atoms with van der Waals surface area (Å²) in [6.07, 6.45) is 4.02. The number of rotatable bonds is 5. The van der Waals surface area contributed by atoms with Gasteiger partial charge in [-0.15, -0.1) is 0 Å². The zero-order valence-electron chi connectivity index (χ0n) is 10.1. The van der Waals surface area contributed by atoms with Gasteiger partial charge in [-0.2, -0.15) is 0 Å². The van der Waals surface area contributed by atoms with Crippen LogP contribution < -0.4 is 4.74 Å². The third-order valence-corrected chi connectivity index (χ3v) is 3.19. The number of methoxy groups -OCH3 is 1. The van der Waals surface area contributed by atoms with Gasteiger partial charge in [0.2, 0.25) is 0 Å². The summed E-state index contributed by atoms with van der Waals surface area (Å²) in [6.45, 7) is 2.07. The molecule has 0 spiro atoms. The van der Waals surface area contributed by atoms with Crippen LogP contribution in [0, 0.1) is 12.8 Å². The second-order valence-electron chi connectivity index (χ2n) is 4.85. The van der Waals surface area contributed by atoms with E-state index < -0.39 is 0 Å². The highest BCUT2D eigenvalue weighted by Crippen LogP contribution is 2.34. The molecule has 1 N–H and O–H groups in total. The van der Waals surface area contributed by atoms with Gasteiger partial charge in [0.15, 0.2) is 0 Å². The van der Waals surface area contributed by atoms with Crippen molar-refractivity contribution in [2.24, 2.45) is 5.92 Å². The normalized spacial score (nSPS) is 17.2. The number of hydrogen-bond donors (Lipinski definition) is 1. The van der Waals surface area contributed by atoms with Crippen LogP contribution in [0.3, 0.4) is 0 Å². The third-order valence-electron chi connectivity index (χ3n) is 3.19. The Hall–Kier alpha value is -1.02. The molecule has 1 aliphatic rings. The van der Waals surface area contributed by atoms with Crippen molar-refractivity contribution in [3.8, 4) is 5.75 Å². The predicted octanol–water partition coefficient (Wildman–Crippen LogP) is 2.71. The van der Waals surface area contributed by atoms with E-state index in [0.717, 1.165) is 23.7 Å². The van der Waals surface area contributed by atoms with Gasteiger partial charge >= 0.3 is 0 Å². The Bertz CT molecular complexity index is 356. The molecule has 0 radical (unpaired) electrons. The first kappa shape index (κ1) is 11.5. The van der Waals surface area contributed by atoms with E-state index in [1.54, 1.807) is 7.11 Å². The quantitative estimate of drug-likeness (QED) is 0.826. The lowest BCUT2D eigenvalue weighted by molar-refractivity contribution is 0.157. The van der Waals surface area contributed by atoms with Gasteiger partial charge < -0.3 is 9.84 Å². The fourth-order valence-corrected chi connectivity index (χ4v) is 2.14. The predicted molar refractivity (Wildman–Crippen MR) is 64.8 cm³/mol. The van der Waals surface area contributed by atoms with Gasteiger partial charge in [-0.3, -0.25) is 0 Å². The Morgan fingerprint density at radius 2 is 2.19 bits per heavy atom. The fraction of sp³-hybridized carbons (Fsp3) is 0.571. The van der Waals surface area contributed by atoms with Crippen LogP contribution >= 0.6 is 0 Å². The maximum absolute atomic E-state index is 9.97. The Morgan fingerprint density at radius 3 is 2.81 bits per heavy atom. The van der Waals surface area contributed by atoms with Crippen molar-refractivity contribution in [2.45, 2.75) is 38.7 Å². The molecule has 0 bridgehead atoms. The molecule has 2 heteroatoms. The average Bonchev–Trinajstić information content (AvgIpc) is 3.02. The summed E-state index contributed by atoms with van der Waals surface area (Å²) in [7, 11) is 1.68. The summed E-state index contributed by atoms with van der Waals surface area (Å²) < 4.78 is 5.31. The largest absolute Gasteiger partial charge is 0.496 e. The topological polar surface area (TPSA) is 29.5 Å². The summed E-state index contributed by atoms with van der Waals surface area (Å²) in [4.78, 5) is 0.